The molecule has 0 unspecified atom stereocenters. The van der Waals surface area contributed by atoms with Crippen molar-refractivity contribution in [1.29, 1.82) is 0 Å². The standard InChI is InChI=1S/C15H22N6O2/c1-4-23-8-11(1)12(21-2-5-22-6-3-21)7-16-14-13-15(18-9-17-13)20-10-19-14/h9-12H,1-8H2,(H2,16,17,18,19,20)/t11-,12-/m0/s1. The van der Waals surface area contributed by atoms with E-state index in [2.05, 4.69) is 30.2 Å². The Labute approximate surface area is 134 Å². The molecule has 0 aliphatic carbocycles. The van der Waals surface area contributed by atoms with Crippen molar-refractivity contribution in [2.24, 2.45) is 5.92 Å². The van der Waals surface area contributed by atoms with E-state index in [9.17, 15) is 0 Å². The van der Waals surface area contributed by atoms with Crippen LogP contribution in [-0.4, -0.2) is 76.9 Å². The fraction of sp³-hybridized carbons (Fsp3) is 0.667. The van der Waals surface area contributed by atoms with Gasteiger partial charge in [0.25, 0.3) is 0 Å². The molecule has 2 atom stereocenters. The summed E-state index contributed by atoms with van der Waals surface area (Å²) < 4.78 is 11.1. The minimum absolute atomic E-state index is 0.425. The van der Waals surface area contributed by atoms with Crippen molar-refractivity contribution in [3.8, 4) is 0 Å². The topological polar surface area (TPSA) is 88.2 Å². The Morgan fingerprint density at radius 3 is 2.96 bits per heavy atom. The molecule has 8 heteroatoms. The van der Waals surface area contributed by atoms with Crippen LogP contribution < -0.4 is 5.32 Å². The zero-order valence-corrected chi connectivity index (χ0v) is 13.1. The number of nitrogens with zero attached hydrogens (tertiary/aromatic N) is 4. The van der Waals surface area contributed by atoms with Gasteiger partial charge in [0.15, 0.2) is 11.5 Å². The van der Waals surface area contributed by atoms with Crippen molar-refractivity contribution in [2.45, 2.75) is 12.5 Å². The smallest absolute Gasteiger partial charge is 0.182 e. The third-order valence-electron chi connectivity index (χ3n) is 4.73. The Hall–Kier alpha value is -1.77. The maximum Gasteiger partial charge on any atom is 0.182 e. The Morgan fingerprint density at radius 2 is 2.13 bits per heavy atom. The molecular formula is C15H22N6O2. The van der Waals surface area contributed by atoms with Gasteiger partial charge in [-0.3, -0.25) is 4.90 Å². The van der Waals surface area contributed by atoms with Crippen LogP contribution in [-0.2, 0) is 9.47 Å². The summed E-state index contributed by atoms with van der Waals surface area (Å²) in [5, 5.41) is 3.49. The van der Waals surface area contributed by atoms with Crippen LogP contribution in [0.5, 0.6) is 0 Å². The summed E-state index contributed by atoms with van der Waals surface area (Å²) in [7, 11) is 0. The van der Waals surface area contributed by atoms with Gasteiger partial charge in [-0.2, -0.15) is 0 Å². The summed E-state index contributed by atoms with van der Waals surface area (Å²) in [4.78, 5) is 18.3. The summed E-state index contributed by atoms with van der Waals surface area (Å²) in [5.41, 5.74) is 1.55. The van der Waals surface area contributed by atoms with E-state index >= 15 is 0 Å². The lowest BCUT2D eigenvalue weighted by Gasteiger charge is -2.37. The van der Waals surface area contributed by atoms with Gasteiger partial charge < -0.3 is 19.8 Å². The summed E-state index contributed by atoms with van der Waals surface area (Å²) in [6.07, 6.45) is 4.32. The fourth-order valence-electron chi connectivity index (χ4n) is 3.46. The van der Waals surface area contributed by atoms with Crippen LogP contribution in [0.3, 0.4) is 0 Å². The number of nitrogens with one attached hydrogen (secondary N) is 2. The molecule has 2 saturated heterocycles. The molecular weight excluding hydrogens is 296 g/mol. The van der Waals surface area contributed by atoms with E-state index in [4.69, 9.17) is 9.47 Å². The number of H-pyrrole nitrogens is 1. The first kappa shape index (κ1) is 14.8. The molecule has 0 spiro atoms. The van der Waals surface area contributed by atoms with Crippen LogP contribution in [0.4, 0.5) is 5.82 Å². The normalized spacial score (nSPS) is 24.1. The molecule has 124 valence electrons. The lowest BCUT2D eigenvalue weighted by Crippen LogP contribution is -2.50. The number of anilines is 1. The Bertz CT molecular complexity index is 636. The first-order chi connectivity index (χ1) is 11.4. The molecule has 0 radical (unpaired) electrons. The molecule has 0 aromatic carbocycles. The summed E-state index contributed by atoms with van der Waals surface area (Å²) in [5.74, 6) is 1.37. The van der Waals surface area contributed by atoms with Gasteiger partial charge in [-0.15, -0.1) is 0 Å². The van der Waals surface area contributed by atoms with Crippen molar-refractivity contribution in [2.75, 3.05) is 51.4 Å². The zero-order valence-electron chi connectivity index (χ0n) is 13.1. The van der Waals surface area contributed by atoms with Gasteiger partial charge in [0, 0.05) is 38.2 Å². The van der Waals surface area contributed by atoms with Crippen molar-refractivity contribution in [3.05, 3.63) is 12.7 Å². The maximum atomic E-state index is 5.61. The van der Waals surface area contributed by atoms with Crippen LogP contribution in [0.1, 0.15) is 6.42 Å². The Morgan fingerprint density at radius 1 is 1.22 bits per heavy atom. The number of fused-ring (bicyclic) bond motifs is 1. The minimum atomic E-state index is 0.425. The number of hydrogen-bond acceptors (Lipinski definition) is 7. The molecule has 2 fully saturated rings. The van der Waals surface area contributed by atoms with Crippen LogP contribution in [0.25, 0.3) is 11.2 Å². The number of aromatic amines is 1. The minimum Gasteiger partial charge on any atom is -0.381 e. The molecule has 2 aromatic rings. The van der Waals surface area contributed by atoms with Crippen LogP contribution in [0.2, 0.25) is 0 Å². The average molecular weight is 318 g/mol. The van der Waals surface area contributed by atoms with Crippen molar-refractivity contribution >= 4 is 17.0 Å². The lowest BCUT2D eigenvalue weighted by molar-refractivity contribution is 0.00460. The molecule has 2 N–H and O–H groups in total. The van der Waals surface area contributed by atoms with E-state index in [1.807, 2.05) is 0 Å². The molecule has 0 bridgehead atoms. The number of hydrogen-bond donors (Lipinski definition) is 2. The molecule has 2 aliphatic rings. The molecule has 2 aromatic heterocycles. The van der Waals surface area contributed by atoms with E-state index in [0.29, 0.717) is 17.6 Å². The second-order valence-corrected chi connectivity index (χ2v) is 6.04. The van der Waals surface area contributed by atoms with Crippen LogP contribution >= 0.6 is 0 Å². The number of rotatable bonds is 5. The SMILES string of the molecule is c1nc(NC[C@@H]([C@H]2CCOC2)N2CCOCC2)c2[nH]cnc2n1. The second-order valence-electron chi connectivity index (χ2n) is 6.04. The zero-order chi connectivity index (χ0) is 15.5. The number of aromatic nitrogens is 4. The van der Waals surface area contributed by atoms with Crippen molar-refractivity contribution in [1.82, 2.24) is 24.8 Å². The second kappa shape index (κ2) is 6.77. The number of ether oxygens (including phenoxy) is 2. The van der Waals surface area contributed by atoms with Crippen molar-refractivity contribution in [3.63, 3.8) is 0 Å². The van der Waals surface area contributed by atoms with E-state index in [1.165, 1.54) is 0 Å². The molecule has 0 amide bonds. The Balaban J connectivity index is 1.49. The largest absolute Gasteiger partial charge is 0.381 e. The summed E-state index contributed by atoms with van der Waals surface area (Å²) in [6, 6.07) is 0.425. The fourth-order valence-corrected chi connectivity index (χ4v) is 3.46. The van der Waals surface area contributed by atoms with Gasteiger partial charge in [-0.1, -0.05) is 0 Å². The van der Waals surface area contributed by atoms with Crippen LogP contribution in [0, 0.1) is 5.92 Å². The van der Waals surface area contributed by atoms with E-state index in [0.717, 1.165) is 63.8 Å². The molecule has 8 nitrogen and oxygen atoms in total. The highest BCUT2D eigenvalue weighted by Gasteiger charge is 2.31. The average Bonchev–Trinajstić information content (AvgIpc) is 3.28. The highest BCUT2D eigenvalue weighted by atomic mass is 16.5. The lowest BCUT2D eigenvalue weighted by atomic mass is 9.97. The summed E-state index contributed by atoms with van der Waals surface area (Å²) in [6.45, 7) is 6.11. The third kappa shape index (κ3) is 3.15. The maximum absolute atomic E-state index is 5.61. The van der Waals surface area contributed by atoms with Gasteiger partial charge in [0.05, 0.1) is 26.1 Å². The first-order valence-corrected chi connectivity index (χ1v) is 8.19. The van der Waals surface area contributed by atoms with E-state index < -0.39 is 0 Å². The van der Waals surface area contributed by atoms with Gasteiger partial charge in [0.2, 0.25) is 0 Å². The van der Waals surface area contributed by atoms with Crippen molar-refractivity contribution < 1.29 is 9.47 Å². The number of imidazole rings is 1. The highest BCUT2D eigenvalue weighted by molar-refractivity contribution is 5.81. The highest BCUT2D eigenvalue weighted by Crippen LogP contribution is 2.23. The molecule has 0 saturated carbocycles. The molecule has 4 heterocycles. The predicted molar refractivity (Wildman–Crippen MR) is 85.3 cm³/mol. The summed E-state index contributed by atoms with van der Waals surface area (Å²) >= 11 is 0. The Kier molecular flexibility index (Phi) is 4.36. The monoisotopic (exact) mass is 318 g/mol. The van der Waals surface area contributed by atoms with Gasteiger partial charge in [-0.25, -0.2) is 15.0 Å². The van der Waals surface area contributed by atoms with Crippen LogP contribution in [0.15, 0.2) is 12.7 Å². The van der Waals surface area contributed by atoms with Gasteiger partial charge in [0.1, 0.15) is 11.8 Å². The molecule has 2 aliphatic heterocycles. The third-order valence-corrected chi connectivity index (χ3v) is 4.73. The molecule has 23 heavy (non-hydrogen) atoms. The number of morpholine rings is 1. The van der Waals surface area contributed by atoms with E-state index in [-0.39, 0.29) is 0 Å². The van der Waals surface area contributed by atoms with E-state index in [1.54, 1.807) is 12.7 Å². The van der Waals surface area contributed by atoms with Gasteiger partial charge in [-0.05, 0) is 6.42 Å². The first-order valence-electron chi connectivity index (χ1n) is 8.19. The van der Waals surface area contributed by atoms with Gasteiger partial charge >= 0.3 is 0 Å². The predicted octanol–water partition coefficient (Wildman–Crippen LogP) is 0.502. The quantitative estimate of drug-likeness (QED) is 0.830. The molecule has 4 rings (SSSR count).